The van der Waals surface area contributed by atoms with Crippen molar-refractivity contribution in [2.24, 2.45) is 0 Å². The van der Waals surface area contributed by atoms with Crippen LogP contribution in [0.25, 0.3) is 0 Å². The molecule has 14 heavy (non-hydrogen) atoms. The van der Waals surface area contributed by atoms with Crippen molar-refractivity contribution in [1.82, 2.24) is 0 Å². The van der Waals surface area contributed by atoms with E-state index in [4.69, 9.17) is 23.2 Å². The number of hydrogen-bond acceptors (Lipinski definition) is 1. The Morgan fingerprint density at radius 2 is 1.43 bits per heavy atom. The number of ketones is 1. The van der Waals surface area contributed by atoms with Gasteiger partial charge in [0.2, 0.25) is 0 Å². The number of Topliss-reactive ketones (excluding diaryl/α,β-unsaturated/α-hetero) is 1. The van der Waals surface area contributed by atoms with E-state index in [0.29, 0.717) is 0 Å². The molecule has 0 aliphatic carbocycles. The summed E-state index contributed by atoms with van der Waals surface area (Å²) in [6.45, 7) is 5.14. The van der Waals surface area contributed by atoms with Crippen molar-refractivity contribution in [1.29, 1.82) is 0 Å². The first-order valence-corrected chi connectivity index (χ1v) is 5.22. The Bertz CT molecular complexity index is 218. The molecule has 0 saturated carbocycles. The number of carbonyl (C=O) groups excluding carboxylic acids is 1. The highest BCUT2D eigenvalue weighted by Gasteiger charge is 1.72. The predicted octanol–water partition coefficient (Wildman–Crippen LogP) is 4.01. The Morgan fingerprint density at radius 1 is 1.14 bits per heavy atom. The molecule has 1 aromatic rings. The molecule has 0 N–H and O–H groups in total. The first-order valence-electron chi connectivity index (χ1n) is 4.15. The van der Waals surface area contributed by atoms with E-state index in [1.165, 1.54) is 19.4 Å². The minimum absolute atomic E-state index is 0.167. The van der Waals surface area contributed by atoms with Gasteiger partial charge >= 0.3 is 0 Å². The minimum Gasteiger partial charge on any atom is -0.300 e. The average Bonchev–Trinajstić information content (AvgIpc) is 2.05. The fraction of sp³-hybridized carbons (Fsp3) is 0.364. The Morgan fingerprint density at radius 3 is 1.57 bits per heavy atom. The summed E-state index contributed by atoms with van der Waals surface area (Å²) in [5.41, 5.74) is 1.32. The highest BCUT2D eigenvalue weighted by atomic mass is 35.5. The fourth-order valence-electron chi connectivity index (χ4n) is 0.534. The number of rotatable bonds is 0. The van der Waals surface area contributed by atoms with E-state index in [1.54, 1.807) is 0 Å². The molecule has 0 heterocycles. The number of benzene rings is 1. The first kappa shape index (κ1) is 15.9. The molecule has 3 heteroatoms. The maximum Gasteiger partial charge on any atom is 0.126 e. The zero-order chi connectivity index (χ0) is 11.4. The lowest BCUT2D eigenvalue weighted by atomic mass is 10.2. The molecular formula is C11H16Cl2O. The second kappa shape index (κ2) is 12.5. The Labute approximate surface area is 96.0 Å². The van der Waals surface area contributed by atoms with Crippen LogP contribution in [0.5, 0.6) is 0 Å². The summed E-state index contributed by atoms with van der Waals surface area (Å²) in [5.74, 6) is 0.167. The normalized spacial score (nSPS) is 7.50. The largest absolute Gasteiger partial charge is 0.300 e. The van der Waals surface area contributed by atoms with Crippen molar-refractivity contribution < 1.29 is 4.79 Å². The second-order valence-corrected chi connectivity index (χ2v) is 3.47. The molecule has 0 fully saturated rings. The van der Waals surface area contributed by atoms with Gasteiger partial charge in [-0.3, -0.25) is 0 Å². The number of aryl methyl sites for hydroxylation is 1. The van der Waals surface area contributed by atoms with Gasteiger partial charge in [-0.2, -0.15) is 0 Å². The molecule has 0 aliphatic rings. The molecule has 0 radical (unpaired) electrons. The van der Waals surface area contributed by atoms with Gasteiger partial charge in [-0.25, -0.2) is 0 Å². The van der Waals surface area contributed by atoms with E-state index in [2.05, 4.69) is 19.1 Å². The molecular weight excluding hydrogens is 219 g/mol. The molecule has 1 rings (SSSR count). The van der Waals surface area contributed by atoms with Crippen LogP contribution in [0.2, 0.25) is 0 Å². The van der Waals surface area contributed by atoms with Gasteiger partial charge < -0.3 is 4.79 Å². The van der Waals surface area contributed by atoms with Crippen LogP contribution in [0, 0.1) is 6.92 Å². The van der Waals surface area contributed by atoms with Gasteiger partial charge in [0.1, 0.15) is 5.78 Å². The summed E-state index contributed by atoms with van der Waals surface area (Å²) in [6.07, 6.45) is 0. The van der Waals surface area contributed by atoms with E-state index in [0.717, 1.165) is 0 Å². The van der Waals surface area contributed by atoms with Gasteiger partial charge in [-0.1, -0.05) is 35.9 Å². The van der Waals surface area contributed by atoms with Crippen LogP contribution < -0.4 is 0 Å². The molecule has 1 aromatic carbocycles. The number of hydrogen-bond donors (Lipinski definition) is 0. The van der Waals surface area contributed by atoms with Gasteiger partial charge in [0.25, 0.3) is 0 Å². The standard InChI is InChI=1S/C7H8.C3H6O.CH2Cl2/c1-7-5-3-2-4-6-7;1-3(2)4;2-1-3/h2-6H,1H3;1-2H3;1H2. The van der Waals surface area contributed by atoms with Crippen LogP contribution in [0.15, 0.2) is 30.3 Å². The van der Waals surface area contributed by atoms with E-state index < -0.39 is 0 Å². The maximum absolute atomic E-state index is 9.44. The van der Waals surface area contributed by atoms with Gasteiger partial charge in [-0.05, 0) is 20.8 Å². The highest BCUT2D eigenvalue weighted by molar-refractivity contribution is 6.40. The SMILES string of the molecule is CC(C)=O.Cc1ccccc1.ClCCl. The summed E-state index contributed by atoms with van der Waals surface area (Å²) < 4.78 is 0. The van der Waals surface area contributed by atoms with Crippen LogP contribution in [0.1, 0.15) is 19.4 Å². The molecule has 0 unspecified atom stereocenters. The topological polar surface area (TPSA) is 17.1 Å². The summed E-state index contributed by atoms with van der Waals surface area (Å²) in [6, 6.07) is 10.3. The van der Waals surface area contributed by atoms with Crippen LogP contribution in [0.4, 0.5) is 0 Å². The van der Waals surface area contributed by atoms with Crippen molar-refractivity contribution in [2.75, 3.05) is 5.34 Å². The molecule has 0 bridgehead atoms. The maximum atomic E-state index is 9.44. The lowest BCUT2D eigenvalue weighted by Crippen LogP contribution is -1.69. The van der Waals surface area contributed by atoms with Crippen molar-refractivity contribution in [3.8, 4) is 0 Å². The predicted molar refractivity (Wildman–Crippen MR) is 64.1 cm³/mol. The third kappa shape index (κ3) is 22.5. The molecule has 1 nitrogen and oxygen atoms in total. The molecule has 0 atom stereocenters. The number of carbonyl (C=O) groups is 1. The van der Waals surface area contributed by atoms with Crippen molar-refractivity contribution >= 4 is 29.0 Å². The van der Waals surface area contributed by atoms with Gasteiger partial charge in [0, 0.05) is 0 Å². The van der Waals surface area contributed by atoms with E-state index in [-0.39, 0.29) is 11.1 Å². The smallest absolute Gasteiger partial charge is 0.126 e. The Hall–Kier alpha value is -0.530. The van der Waals surface area contributed by atoms with E-state index >= 15 is 0 Å². The minimum atomic E-state index is 0.167. The highest BCUT2D eigenvalue weighted by Crippen LogP contribution is 1.92. The van der Waals surface area contributed by atoms with Crippen molar-refractivity contribution in [2.45, 2.75) is 20.8 Å². The van der Waals surface area contributed by atoms with Crippen molar-refractivity contribution in [3.05, 3.63) is 35.9 Å². The van der Waals surface area contributed by atoms with E-state index in [1.807, 2.05) is 18.2 Å². The third-order valence-electron chi connectivity index (χ3n) is 0.940. The molecule has 80 valence electrons. The number of halogens is 2. The summed E-state index contributed by atoms with van der Waals surface area (Å²) >= 11 is 9.53. The van der Waals surface area contributed by atoms with Gasteiger partial charge in [-0.15, -0.1) is 23.2 Å². The first-order chi connectivity index (χ1) is 6.54. The average molecular weight is 235 g/mol. The summed E-state index contributed by atoms with van der Waals surface area (Å²) in [5, 5.41) is 0.194. The Balaban J connectivity index is 0. The van der Waals surface area contributed by atoms with Gasteiger partial charge in [0.15, 0.2) is 0 Å². The van der Waals surface area contributed by atoms with Crippen LogP contribution in [0.3, 0.4) is 0 Å². The Kier molecular flexibility index (Phi) is 14.2. The molecule has 0 aromatic heterocycles. The lowest BCUT2D eigenvalue weighted by molar-refractivity contribution is -0.114. The fourth-order valence-corrected chi connectivity index (χ4v) is 0.534. The number of alkyl halides is 2. The molecule has 0 aliphatic heterocycles. The zero-order valence-corrected chi connectivity index (χ0v) is 10.3. The van der Waals surface area contributed by atoms with Crippen LogP contribution in [-0.2, 0) is 4.79 Å². The monoisotopic (exact) mass is 234 g/mol. The third-order valence-corrected chi connectivity index (χ3v) is 0.940. The summed E-state index contributed by atoms with van der Waals surface area (Å²) in [7, 11) is 0. The lowest BCUT2D eigenvalue weighted by Gasteiger charge is -1.82. The molecule has 0 saturated heterocycles. The van der Waals surface area contributed by atoms with Crippen LogP contribution in [-0.4, -0.2) is 11.1 Å². The zero-order valence-electron chi connectivity index (χ0n) is 8.76. The quantitative estimate of drug-likeness (QED) is 0.621. The second-order valence-electron chi connectivity index (χ2n) is 2.66. The molecule has 0 spiro atoms. The summed E-state index contributed by atoms with van der Waals surface area (Å²) in [4.78, 5) is 9.44. The van der Waals surface area contributed by atoms with Gasteiger partial charge in [0.05, 0.1) is 5.34 Å². The van der Waals surface area contributed by atoms with E-state index in [9.17, 15) is 4.79 Å². The van der Waals surface area contributed by atoms with Crippen molar-refractivity contribution in [3.63, 3.8) is 0 Å². The molecule has 0 amide bonds. The van der Waals surface area contributed by atoms with Crippen LogP contribution >= 0.6 is 23.2 Å².